The van der Waals surface area contributed by atoms with Gasteiger partial charge in [0.1, 0.15) is 5.75 Å². The Bertz CT molecular complexity index is 588. The normalized spacial score (nSPS) is 11.4. The van der Waals surface area contributed by atoms with Crippen LogP contribution in [0.3, 0.4) is 0 Å². The van der Waals surface area contributed by atoms with Crippen LogP contribution in [0.5, 0.6) is 0 Å². The molecule has 0 fully saturated rings. The second kappa shape index (κ2) is 6.65. The summed E-state index contributed by atoms with van der Waals surface area (Å²) >= 11 is 0. The lowest BCUT2D eigenvalue weighted by molar-refractivity contribution is -0.118. The fourth-order valence-electron chi connectivity index (χ4n) is 1.52. The molecule has 5 nitrogen and oxygen atoms in total. The second-order valence-electron chi connectivity index (χ2n) is 5.04. The molecule has 0 radical (unpaired) electrons. The van der Waals surface area contributed by atoms with E-state index in [0.717, 1.165) is 0 Å². The number of carbonyl (C=O) groups excluding carboxylic acids is 2. The van der Waals surface area contributed by atoms with Crippen LogP contribution >= 0.6 is 0 Å². The van der Waals surface area contributed by atoms with E-state index < -0.39 is 21.5 Å². The predicted octanol–water partition coefficient (Wildman–Crippen LogP) is 1.44. The number of Topliss-reactive ketones (excluding diaryl/α,β-unsaturated/α-hetero) is 1. The van der Waals surface area contributed by atoms with Crippen LogP contribution in [0.2, 0.25) is 0 Å². The molecular weight excluding hydrogens is 278 g/mol. The summed E-state index contributed by atoms with van der Waals surface area (Å²) < 4.78 is 24.0. The first-order valence-corrected chi connectivity index (χ1v) is 7.98. The molecule has 0 aliphatic rings. The van der Waals surface area contributed by atoms with E-state index in [0.29, 0.717) is 12.1 Å². The molecule has 1 rings (SSSR count). The molecule has 0 aromatic heterocycles. The lowest BCUT2D eigenvalue weighted by Crippen LogP contribution is -2.32. The lowest BCUT2D eigenvalue weighted by Gasteiger charge is -2.08. The molecule has 0 heterocycles. The fourth-order valence-corrected chi connectivity index (χ4v) is 2.69. The molecule has 0 saturated carbocycles. The van der Waals surface area contributed by atoms with Crippen molar-refractivity contribution in [3.05, 3.63) is 29.8 Å². The van der Waals surface area contributed by atoms with Crippen LogP contribution in [0, 0.1) is 5.92 Å². The maximum absolute atomic E-state index is 12.0. The van der Waals surface area contributed by atoms with E-state index in [-0.39, 0.29) is 16.6 Å². The Kier molecular flexibility index (Phi) is 5.44. The van der Waals surface area contributed by atoms with Gasteiger partial charge in [-0.15, -0.1) is 0 Å². The Hall–Kier alpha value is -1.69. The third kappa shape index (κ3) is 4.77. The van der Waals surface area contributed by atoms with Gasteiger partial charge in [0.2, 0.25) is 5.91 Å². The van der Waals surface area contributed by atoms with Gasteiger partial charge in [-0.1, -0.05) is 26.0 Å². The van der Waals surface area contributed by atoms with Crippen molar-refractivity contribution in [3.63, 3.8) is 0 Å². The number of sulfone groups is 1. The number of hydrogen-bond acceptors (Lipinski definition) is 4. The van der Waals surface area contributed by atoms with Crippen LogP contribution in [0.15, 0.2) is 29.2 Å². The summed E-state index contributed by atoms with van der Waals surface area (Å²) in [6.45, 7) is 5.70. The maximum Gasteiger partial charge on any atom is 0.235 e. The van der Waals surface area contributed by atoms with Crippen molar-refractivity contribution >= 4 is 21.5 Å². The molecule has 1 N–H and O–H groups in total. The minimum Gasteiger partial charge on any atom is -0.355 e. The van der Waals surface area contributed by atoms with Gasteiger partial charge in [0.05, 0.1) is 4.90 Å². The third-order valence-corrected chi connectivity index (χ3v) is 4.28. The van der Waals surface area contributed by atoms with Crippen LogP contribution in [-0.4, -0.2) is 32.4 Å². The molecule has 1 aromatic carbocycles. The Balaban J connectivity index is 2.78. The number of benzene rings is 1. The minimum atomic E-state index is -3.67. The number of amides is 1. The molecule has 0 bridgehead atoms. The van der Waals surface area contributed by atoms with Crippen LogP contribution in [0.25, 0.3) is 0 Å². The summed E-state index contributed by atoms with van der Waals surface area (Å²) in [5, 5.41) is 2.57. The van der Waals surface area contributed by atoms with Gasteiger partial charge in [-0.3, -0.25) is 9.59 Å². The van der Waals surface area contributed by atoms with Gasteiger partial charge in [-0.2, -0.15) is 0 Å². The first kappa shape index (κ1) is 16.4. The van der Waals surface area contributed by atoms with E-state index in [4.69, 9.17) is 0 Å². The molecule has 6 heteroatoms. The largest absolute Gasteiger partial charge is 0.355 e. The fraction of sp³-hybridized carbons (Fsp3) is 0.429. The molecule has 0 unspecified atom stereocenters. The van der Waals surface area contributed by atoms with Crippen molar-refractivity contribution in [1.29, 1.82) is 0 Å². The summed E-state index contributed by atoms with van der Waals surface area (Å²) in [6, 6.07) is 5.59. The van der Waals surface area contributed by atoms with Crippen molar-refractivity contribution in [1.82, 2.24) is 5.32 Å². The third-order valence-electron chi connectivity index (χ3n) is 2.65. The highest BCUT2D eigenvalue weighted by atomic mass is 32.2. The SMILES string of the molecule is CC(=O)c1ccc(S(=O)(=O)CC(=O)NCC(C)C)cc1. The molecular formula is C14H19NO4S. The van der Waals surface area contributed by atoms with Gasteiger partial charge in [0.15, 0.2) is 15.6 Å². The topological polar surface area (TPSA) is 80.3 Å². The average molecular weight is 297 g/mol. The van der Waals surface area contributed by atoms with Gasteiger partial charge in [0, 0.05) is 12.1 Å². The minimum absolute atomic E-state index is 0.0437. The van der Waals surface area contributed by atoms with E-state index in [1.807, 2.05) is 13.8 Å². The summed E-state index contributed by atoms with van der Waals surface area (Å²) in [4.78, 5) is 22.7. The van der Waals surface area contributed by atoms with Gasteiger partial charge < -0.3 is 5.32 Å². The summed E-state index contributed by atoms with van der Waals surface area (Å²) in [7, 11) is -3.67. The van der Waals surface area contributed by atoms with Gasteiger partial charge in [-0.25, -0.2) is 8.42 Å². The smallest absolute Gasteiger partial charge is 0.235 e. The van der Waals surface area contributed by atoms with Crippen molar-refractivity contribution in [2.75, 3.05) is 12.3 Å². The zero-order chi connectivity index (χ0) is 15.3. The maximum atomic E-state index is 12.0. The number of hydrogen-bond donors (Lipinski definition) is 1. The Morgan fingerprint density at radius 3 is 2.15 bits per heavy atom. The number of carbonyl (C=O) groups is 2. The molecule has 0 atom stereocenters. The van der Waals surface area contributed by atoms with Crippen LogP contribution in [0.1, 0.15) is 31.1 Å². The standard InChI is InChI=1S/C14H19NO4S/c1-10(2)8-15-14(17)9-20(18,19)13-6-4-12(5-7-13)11(3)16/h4-7,10H,8-9H2,1-3H3,(H,15,17). The highest BCUT2D eigenvalue weighted by molar-refractivity contribution is 7.92. The van der Waals surface area contributed by atoms with E-state index >= 15 is 0 Å². The zero-order valence-corrected chi connectivity index (χ0v) is 12.7. The van der Waals surface area contributed by atoms with Crippen molar-refractivity contribution in [2.45, 2.75) is 25.7 Å². The van der Waals surface area contributed by atoms with Crippen LogP contribution < -0.4 is 5.32 Å². The van der Waals surface area contributed by atoms with E-state index in [9.17, 15) is 18.0 Å². The number of ketones is 1. The number of nitrogens with one attached hydrogen (secondary N) is 1. The number of rotatable bonds is 6. The molecule has 1 amide bonds. The quantitative estimate of drug-likeness (QED) is 0.806. The van der Waals surface area contributed by atoms with Gasteiger partial charge in [0.25, 0.3) is 0 Å². The molecule has 110 valence electrons. The van der Waals surface area contributed by atoms with Gasteiger partial charge in [-0.05, 0) is 25.0 Å². The Morgan fingerprint density at radius 1 is 1.15 bits per heavy atom. The van der Waals surface area contributed by atoms with E-state index in [2.05, 4.69) is 5.32 Å². The molecule has 1 aromatic rings. The molecule has 0 spiro atoms. The average Bonchev–Trinajstić information content (AvgIpc) is 2.36. The first-order valence-electron chi connectivity index (χ1n) is 6.33. The first-order chi connectivity index (χ1) is 9.22. The van der Waals surface area contributed by atoms with E-state index in [1.165, 1.54) is 31.2 Å². The summed E-state index contributed by atoms with van der Waals surface area (Å²) in [5.41, 5.74) is 0.438. The van der Waals surface area contributed by atoms with Crippen molar-refractivity contribution < 1.29 is 18.0 Å². The molecule has 0 aliphatic carbocycles. The van der Waals surface area contributed by atoms with Crippen LogP contribution in [0.4, 0.5) is 0 Å². The van der Waals surface area contributed by atoms with Crippen molar-refractivity contribution in [2.24, 2.45) is 5.92 Å². The highest BCUT2D eigenvalue weighted by Crippen LogP contribution is 2.13. The molecule has 0 aliphatic heterocycles. The highest BCUT2D eigenvalue weighted by Gasteiger charge is 2.19. The molecule has 20 heavy (non-hydrogen) atoms. The lowest BCUT2D eigenvalue weighted by atomic mass is 10.2. The van der Waals surface area contributed by atoms with Crippen molar-refractivity contribution in [3.8, 4) is 0 Å². The van der Waals surface area contributed by atoms with Gasteiger partial charge >= 0.3 is 0 Å². The Labute approximate surface area is 119 Å². The van der Waals surface area contributed by atoms with Crippen LogP contribution in [-0.2, 0) is 14.6 Å². The molecule has 0 saturated heterocycles. The Morgan fingerprint density at radius 2 is 1.70 bits per heavy atom. The summed E-state index contributed by atoms with van der Waals surface area (Å²) in [5.74, 6) is -0.978. The van der Waals surface area contributed by atoms with E-state index in [1.54, 1.807) is 0 Å². The zero-order valence-electron chi connectivity index (χ0n) is 11.8. The second-order valence-corrected chi connectivity index (χ2v) is 7.03. The monoisotopic (exact) mass is 297 g/mol. The summed E-state index contributed by atoms with van der Waals surface area (Å²) in [6.07, 6.45) is 0. The predicted molar refractivity (Wildman–Crippen MR) is 76.3 cm³/mol.